The summed E-state index contributed by atoms with van der Waals surface area (Å²) in [6.45, 7) is 1.12. The van der Waals surface area contributed by atoms with E-state index in [0.29, 0.717) is 29.5 Å². The Morgan fingerprint density at radius 1 is 1.23 bits per heavy atom. The van der Waals surface area contributed by atoms with E-state index in [-0.39, 0.29) is 11.8 Å². The van der Waals surface area contributed by atoms with Crippen molar-refractivity contribution in [2.45, 2.75) is 6.42 Å². The summed E-state index contributed by atoms with van der Waals surface area (Å²) in [6, 6.07) is 8.84. The van der Waals surface area contributed by atoms with Gasteiger partial charge < -0.3 is 10.1 Å². The Labute approximate surface area is 132 Å². The Kier molecular flexibility index (Phi) is 6.05. The minimum Gasteiger partial charge on any atom is -0.385 e. The van der Waals surface area contributed by atoms with Gasteiger partial charge >= 0.3 is 0 Å². The highest BCUT2D eigenvalue weighted by atomic mass is 32.1. The summed E-state index contributed by atoms with van der Waals surface area (Å²) >= 11 is 1.22. The van der Waals surface area contributed by atoms with Crippen molar-refractivity contribution in [2.75, 3.05) is 25.6 Å². The van der Waals surface area contributed by atoms with Gasteiger partial charge in [-0.3, -0.25) is 14.9 Å². The topological polar surface area (TPSA) is 80.3 Å². The molecule has 0 radical (unpaired) electrons. The maximum absolute atomic E-state index is 12.0. The van der Waals surface area contributed by atoms with Crippen LogP contribution < -0.4 is 10.6 Å². The fourth-order valence-electron chi connectivity index (χ4n) is 1.70. The van der Waals surface area contributed by atoms with E-state index in [1.165, 1.54) is 11.3 Å². The quantitative estimate of drug-likeness (QED) is 0.766. The summed E-state index contributed by atoms with van der Waals surface area (Å²) in [5, 5.41) is 7.44. The number of carbonyl (C=O) groups is 2. The number of benzene rings is 1. The van der Waals surface area contributed by atoms with Crippen LogP contribution in [0.25, 0.3) is 0 Å². The highest BCUT2D eigenvalue weighted by Crippen LogP contribution is 2.16. The van der Waals surface area contributed by atoms with Gasteiger partial charge in [-0.1, -0.05) is 18.2 Å². The number of methoxy groups -OCH3 is 1. The summed E-state index contributed by atoms with van der Waals surface area (Å²) in [6.07, 6.45) is 0.740. The molecule has 0 saturated heterocycles. The van der Waals surface area contributed by atoms with E-state index >= 15 is 0 Å². The Morgan fingerprint density at radius 2 is 2.00 bits per heavy atom. The zero-order valence-corrected chi connectivity index (χ0v) is 13.0. The zero-order chi connectivity index (χ0) is 15.8. The van der Waals surface area contributed by atoms with Crippen molar-refractivity contribution in [1.29, 1.82) is 0 Å². The number of hydrogen-bond donors (Lipinski definition) is 2. The Morgan fingerprint density at radius 3 is 2.73 bits per heavy atom. The van der Waals surface area contributed by atoms with E-state index in [1.54, 1.807) is 36.8 Å². The van der Waals surface area contributed by atoms with E-state index in [9.17, 15) is 9.59 Å². The first-order valence-corrected chi connectivity index (χ1v) is 7.67. The molecule has 2 aromatic rings. The Hall–Kier alpha value is -2.25. The monoisotopic (exact) mass is 319 g/mol. The van der Waals surface area contributed by atoms with Crippen molar-refractivity contribution < 1.29 is 14.3 Å². The molecule has 1 heterocycles. The number of rotatable bonds is 7. The molecule has 0 saturated carbocycles. The van der Waals surface area contributed by atoms with Crippen molar-refractivity contribution in [1.82, 2.24) is 10.3 Å². The maximum atomic E-state index is 12.0. The summed E-state index contributed by atoms with van der Waals surface area (Å²) in [4.78, 5) is 28.0. The number of carbonyl (C=O) groups excluding carboxylic acids is 2. The maximum Gasteiger partial charge on any atom is 0.270 e. The number of ether oxygens (including phenoxy) is 1. The molecule has 116 valence electrons. The van der Waals surface area contributed by atoms with Gasteiger partial charge in [0.25, 0.3) is 11.8 Å². The van der Waals surface area contributed by atoms with Crippen molar-refractivity contribution in [3.63, 3.8) is 0 Å². The van der Waals surface area contributed by atoms with Gasteiger partial charge in [-0.05, 0) is 18.6 Å². The van der Waals surface area contributed by atoms with Gasteiger partial charge in [0.1, 0.15) is 5.69 Å². The molecule has 0 aliphatic heterocycles. The molecule has 7 heteroatoms. The summed E-state index contributed by atoms with van der Waals surface area (Å²) in [7, 11) is 1.62. The first-order valence-electron chi connectivity index (χ1n) is 6.80. The minimum atomic E-state index is -0.257. The van der Waals surface area contributed by atoms with Crippen LogP contribution in [0, 0.1) is 0 Å². The van der Waals surface area contributed by atoms with Crippen molar-refractivity contribution in [3.05, 3.63) is 47.0 Å². The lowest BCUT2D eigenvalue weighted by Crippen LogP contribution is -2.25. The second kappa shape index (κ2) is 8.26. The first-order chi connectivity index (χ1) is 10.7. The first kappa shape index (κ1) is 16.1. The fraction of sp³-hybridized carbons (Fsp3) is 0.267. The number of nitrogens with zero attached hydrogens (tertiary/aromatic N) is 1. The zero-order valence-electron chi connectivity index (χ0n) is 12.2. The van der Waals surface area contributed by atoms with Gasteiger partial charge in [0.05, 0.1) is 0 Å². The van der Waals surface area contributed by atoms with Crippen LogP contribution in [0.1, 0.15) is 27.3 Å². The average Bonchev–Trinajstić information content (AvgIpc) is 3.01. The van der Waals surface area contributed by atoms with Gasteiger partial charge in [0.2, 0.25) is 0 Å². The molecule has 0 fully saturated rings. The van der Waals surface area contributed by atoms with E-state index in [2.05, 4.69) is 15.6 Å². The van der Waals surface area contributed by atoms with E-state index in [4.69, 9.17) is 4.74 Å². The second-order valence-electron chi connectivity index (χ2n) is 4.46. The molecular weight excluding hydrogens is 302 g/mol. The lowest BCUT2D eigenvalue weighted by Gasteiger charge is -2.02. The van der Waals surface area contributed by atoms with Gasteiger partial charge in [-0.15, -0.1) is 11.3 Å². The van der Waals surface area contributed by atoms with Crippen LogP contribution in [0.5, 0.6) is 0 Å². The predicted octanol–water partition coefficient (Wildman–Crippen LogP) is 2.16. The van der Waals surface area contributed by atoms with Crippen LogP contribution in [-0.2, 0) is 4.74 Å². The van der Waals surface area contributed by atoms with Crippen molar-refractivity contribution in [3.8, 4) is 0 Å². The molecule has 2 N–H and O–H groups in total. The number of amides is 2. The second-order valence-corrected chi connectivity index (χ2v) is 5.32. The third kappa shape index (κ3) is 4.64. The molecule has 0 spiro atoms. The molecule has 2 rings (SSSR count). The van der Waals surface area contributed by atoms with Crippen LogP contribution in [0.3, 0.4) is 0 Å². The number of anilines is 1. The number of aromatic nitrogens is 1. The SMILES string of the molecule is COCCCNC(=O)c1csc(NC(=O)c2ccccc2)n1. The van der Waals surface area contributed by atoms with E-state index < -0.39 is 0 Å². The molecule has 1 aromatic heterocycles. The largest absolute Gasteiger partial charge is 0.385 e. The third-order valence-electron chi connectivity index (χ3n) is 2.80. The third-order valence-corrected chi connectivity index (χ3v) is 3.56. The van der Waals surface area contributed by atoms with Crippen molar-refractivity contribution in [2.24, 2.45) is 0 Å². The van der Waals surface area contributed by atoms with Crippen LogP contribution in [-0.4, -0.2) is 37.1 Å². The number of thiazole rings is 1. The molecule has 6 nitrogen and oxygen atoms in total. The molecule has 0 unspecified atom stereocenters. The van der Waals surface area contributed by atoms with Crippen LogP contribution in [0.15, 0.2) is 35.7 Å². The molecule has 0 atom stereocenters. The molecular formula is C15H17N3O3S. The normalized spacial score (nSPS) is 10.2. The van der Waals surface area contributed by atoms with Crippen LogP contribution >= 0.6 is 11.3 Å². The van der Waals surface area contributed by atoms with Crippen LogP contribution in [0.4, 0.5) is 5.13 Å². The summed E-state index contributed by atoms with van der Waals surface area (Å²) in [5.41, 5.74) is 0.842. The lowest BCUT2D eigenvalue weighted by molar-refractivity contribution is 0.0943. The highest BCUT2D eigenvalue weighted by molar-refractivity contribution is 7.14. The Balaban J connectivity index is 1.88. The van der Waals surface area contributed by atoms with Crippen LogP contribution in [0.2, 0.25) is 0 Å². The minimum absolute atomic E-state index is 0.248. The van der Waals surface area contributed by atoms with Gasteiger partial charge in [0.15, 0.2) is 5.13 Å². The van der Waals surface area contributed by atoms with Gasteiger partial charge in [-0.25, -0.2) is 4.98 Å². The summed E-state index contributed by atoms with van der Waals surface area (Å²) in [5.74, 6) is -0.505. The van der Waals surface area contributed by atoms with Crippen molar-refractivity contribution >= 4 is 28.3 Å². The Bertz CT molecular complexity index is 628. The highest BCUT2D eigenvalue weighted by Gasteiger charge is 2.12. The molecule has 0 aliphatic carbocycles. The molecule has 1 aromatic carbocycles. The fourth-order valence-corrected chi connectivity index (χ4v) is 2.39. The predicted molar refractivity (Wildman–Crippen MR) is 85.3 cm³/mol. The molecule has 2 amide bonds. The molecule has 0 bridgehead atoms. The molecule has 22 heavy (non-hydrogen) atoms. The van der Waals surface area contributed by atoms with E-state index in [0.717, 1.165) is 6.42 Å². The smallest absolute Gasteiger partial charge is 0.270 e. The summed E-state index contributed by atoms with van der Waals surface area (Å²) < 4.78 is 4.91. The van der Waals surface area contributed by atoms with Gasteiger partial charge in [-0.2, -0.15) is 0 Å². The lowest BCUT2D eigenvalue weighted by atomic mass is 10.2. The molecule has 0 aliphatic rings. The van der Waals surface area contributed by atoms with Gasteiger partial charge in [0, 0.05) is 31.2 Å². The number of nitrogens with one attached hydrogen (secondary N) is 2. The standard InChI is InChI=1S/C15H17N3O3S/c1-21-9-5-8-16-14(20)12-10-22-15(17-12)18-13(19)11-6-3-2-4-7-11/h2-4,6-7,10H,5,8-9H2,1H3,(H,16,20)(H,17,18,19). The number of hydrogen-bond acceptors (Lipinski definition) is 5. The van der Waals surface area contributed by atoms with E-state index in [1.807, 2.05) is 6.07 Å². The average molecular weight is 319 g/mol.